The van der Waals surface area contributed by atoms with Crippen LogP contribution in [0.4, 0.5) is 24.0 Å². The SMILES string of the molecule is C[N+](C)(C)CCCCC(=O)N(c1cccc(C(F)(F)F)c1)c1nc(-c2ccc[n+](O)c2)cs1. The van der Waals surface area contributed by atoms with Gasteiger partial charge in [-0.1, -0.05) is 6.07 Å². The molecule has 0 aliphatic heterocycles. The van der Waals surface area contributed by atoms with Crippen LogP contribution >= 0.6 is 11.3 Å². The Morgan fingerprint density at radius 3 is 2.61 bits per heavy atom. The second-order valence-electron chi connectivity index (χ2n) is 8.74. The molecule has 0 fully saturated rings. The van der Waals surface area contributed by atoms with Crippen molar-refractivity contribution in [1.82, 2.24) is 4.98 Å². The minimum Gasteiger partial charge on any atom is -0.331 e. The molecule has 10 heteroatoms. The highest BCUT2D eigenvalue weighted by molar-refractivity contribution is 7.14. The summed E-state index contributed by atoms with van der Waals surface area (Å²) in [5.74, 6) is -0.318. The van der Waals surface area contributed by atoms with E-state index in [1.54, 1.807) is 17.5 Å². The van der Waals surface area contributed by atoms with Crippen molar-refractivity contribution in [2.75, 3.05) is 32.6 Å². The summed E-state index contributed by atoms with van der Waals surface area (Å²) in [5.41, 5.74) is 0.409. The molecule has 0 radical (unpaired) electrons. The molecule has 3 aromatic rings. The Morgan fingerprint density at radius 1 is 1.18 bits per heavy atom. The molecule has 1 aromatic carbocycles. The van der Waals surface area contributed by atoms with Crippen LogP contribution in [0.5, 0.6) is 0 Å². The largest absolute Gasteiger partial charge is 0.416 e. The first-order chi connectivity index (χ1) is 15.4. The van der Waals surface area contributed by atoms with Gasteiger partial charge >= 0.3 is 6.18 Å². The van der Waals surface area contributed by atoms with E-state index in [1.165, 1.54) is 29.4 Å². The predicted octanol–water partition coefficient (Wildman–Crippen LogP) is 4.89. The van der Waals surface area contributed by atoms with E-state index in [9.17, 15) is 23.2 Å². The van der Waals surface area contributed by atoms with Gasteiger partial charge < -0.3 is 4.48 Å². The number of carbonyl (C=O) groups excluding carboxylic acids is 1. The number of alkyl halides is 3. The van der Waals surface area contributed by atoms with Crippen molar-refractivity contribution in [3.63, 3.8) is 0 Å². The van der Waals surface area contributed by atoms with E-state index in [0.29, 0.717) is 17.7 Å². The number of aromatic nitrogens is 2. The van der Waals surface area contributed by atoms with Crippen LogP contribution in [0.25, 0.3) is 11.3 Å². The molecule has 176 valence electrons. The van der Waals surface area contributed by atoms with Gasteiger partial charge in [0.2, 0.25) is 18.3 Å². The summed E-state index contributed by atoms with van der Waals surface area (Å²) >= 11 is 1.16. The third-order valence-corrected chi connectivity index (χ3v) is 5.74. The average molecular weight is 481 g/mol. The summed E-state index contributed by atoms with van der Waals surface area (Å²) < 4.78 is 41.6. The number of carbonyl (C=O) groups is 1. The summed E-state index contributed by atoms with van der Waals surface area (Å²) in [6, 6.07) is 8.09. The Hall–Kier alpha value is -2.98. The molecule has 1 amide bonds. The van der Waals surface area contributed by atoms with Gasteiger partial charge in [0.1, 0.15) is 0 Å². The molecule has 0 unspecified atom stereocenters. The standard InChI is InChI=1S/C23H27F3N4O2S/c1-30(2,3)13-5-4-11-21(31)29(19-10-6-9-18(14-19)23(24,25)26)22-27-20(16-33-22)17-8-7-12-28(32)15-17/h6-10,12,14-16,32H,4-5,11,13H2,1-3H3/q+2. The fraction of sp³-hybridized carbons (Fsp3) is 0.348. The number of benzene rings is 1. The van der Waals surface area contributed by atoms with E-state index < -0.39 is 11.7 Å². The van der Waals surface area contributed by atoms with Crippen molar-refractivity contribution in [2.24, 2.45) is 0 Å². The van der Waals surface area contributed by atoms with Gasteiger partial charge in [-0.2, -0.15) is 13.2 Å². The van der Waals surface area contributed by atoms with Gasteiger partial charge in [-0.15, -0.1) is 11.3 Å². The number of thiazole rings is 1. The summed E-state index contributed by atoms with van der Waals surface area (Å²) in [6.45, 7) is 0.882. The van der Waals surface area contributed by atoms with Gasteiger partial charge in [0.05, 0.1) is 50.2 Å². The molecule has 3 rings (SSSR count). The Kier molecular flexibility index (Phi) is 7.38. The molecule has 0 saturated heterocycles. The van der Waals surface area contributed by atoms with Crippen molar-refractivity contribution in [3.05, 3.63) is 59.7 Å². The minimum atomic E-state index is -4.53. The summed E-state index contributed by atoms with van der Waals surface area (Å²) in [5, 5.41) is 11.6. The van der Waals surface area contributed by atoms with E-state index in [0.717, 1.165) is 45.6 Å². The van der Waals surface area contributed by atoms with Crippen molar-refractivity contribution in [1.29, 1.82) is 0 Å². The Bertz CT molecular complexity index is 1110. The van der Waals surface area contributed by atoms with Crippen LogP contribution in [0.3, 0.4) is 0 Å². The number of quaternary nitrogens is 1. The van der Waals surface area contributed by atoms with Crippen LogP contribution in [0, 0.1) is 0 Å². The summed E-state index contributed by atoms with van der Waals surface area (Å²) in [7, 11) is 6.19. The highest BCUT2D eigenvalue weighted by atomic mass is 32.1. The summed E-state index contributed by atoms with van der Waals surface area (Å²) in [4.78, 5) is 18.9. The Labute approximate surface area is 194 Å². The number of amides is 1. The van der Waals surface area contributed by atoms with Crippen LogP contribution in [0.15, 0.2) is 54.2 Å². The molecule has 0 bridgehead atoms. The second-order valence-corrected chi connectivity index (χ2v) is 9.57. The van der Waals surface area contributed by atoms with Crippen LogP contribution in [0.1, 0.15) is 24.8 Å². The molecule has 2 aromatic heterocycles. The van der Waals surface area contributed by atoms with Gasteiger partial charge in [0.15, 0.2) is 5.13 Å². The van der Waals surface area contributed by atoms with Crippen LogP contribution in [0.2, 0.25) is 0 Å². The number of hydrogen-bond donors (Lipinski definition) is 1. The molecule has 0 spiro atoms. The number of halogens is 3. The zero-order valence-electron chi connectivity index (χ0n) is 18.7. The van der Waals surface area contributed by atoms with Crippen molar-refractivity contribution in [3.8, 4) is 11.3 Å². The fourth-order valence-corrected chi connectivity index (χ4v) is 4.14. The smallest absolute Gasteiger partial charge is 0.331 e. The van der Waals surface area contributed by atoms with E-state index >= 15 is 0 Å². The number of hydrogen-bond acceptors (Lipinski definition) is 4. The molecule has 6 nitrogen and oxygen atoms in total. The third-order valence-electron chi connectivity index (χ3n) is 4.92. The Balaban J connectivity index is 1.92. The highest BCUT2D eigenvalue weighted by Crippen LogP contribution is 2.36. The van der Waals surface area contributed by atoms with Gasteiger partial charge in [0.25, 0.3) is 0 Å². The lowest BCUT2D eigenvalue weighted by molar-refractivity contribution is -0.904. The lowest BCUT2D eigenvalue weighted by Gasteiger charge is -2.24. The normalized spacial score (nSPS) is 12.1. The van der Waals surface area contributed by atoms with Crippen LogP contribution in [-0.2, 0) is 11.0 Å². The minimum absolute atomic E-state index is 0.118. The molecule has 33 heavy (non-hydrogen) atoms. The molecule has 0 aliphatic rings. The number of nitrogens with zero attached hydrogens (tertiary/aromatic N) is 4. The zero-order chi connectivity index (χ0) is 24.2. The number of unbranched alkanes of at least 4 members (excludes halogenated alkanes) is 1. The molecule has 0 saturated carbocycles. The second kappa shape index (κ2) is 9.88. The first-order valence-corrected chi connectivity index (χ1v) is 11.3. The molecular formula is C23H27F3N4O2S+2. The Morgan fingerprint density at radius 2 is 1.94 bits per heavy atom. The fourth-order valence-electron chi connectivity index (χ4n) is 3.27. The van der Waals surface area contributed by atoms with Crippen LogP contribution in [-0.4, -0.2) is 48.3 Å². The van der Waals surface area contributed by atoms with Gasteiger partial charge in [-0.3, -0.25) is 14.9 Å². The van der Waals surface area contributed by atoms with Crippen molar-refractivity contribution >= 4 is 28.1 Å². The van der Waals surface area contributed by atoms with Crippen LogP contribution < -0.4 is 9.63 Å². The van der Waals surface area contributed by atoms with E-state index in [-0.39, 0.29) is 23.1 Å². The molecule has 2 heterocycles. The maximum atomic E-state index is 13.3. The first kappa shape index (κ1) is 24.7. The molecule has 0 atom stereocenters. The average Bonchev–Trinajstić information content (AvgIpc) is 3.20. The molecule has 0 aliphatic carbocycles. The molecule has 1 N–H and O–H groups in total. The van der Waals surface area contributed by atoms with Gasteiger partial charge in [0, 0.05) is 22.6 Å². The number of pyridine rings is 1. The number of rotatable bonds is 8. The predicted molar refractivity (Wildman–Crippen MR) is 120 cm³/mol. The quantitative estimate of drug-likeness (QED) is 0.216. The van der Waals surface area contributed by atoms with Gasteiger partial charge in [-0.05, 0) is 37.1 Å². The number of anilines is 2. The zero-order valence-corrected chi connectivity index (χ0v) is 19.5. The highest BCUT2D eigenvalue weighted by Gasteiger charge is 2.32. The monoisotopic (exact) mass is 480 g/mol. The van der Waals surface area contributed by atoms with Crippen molar-refractivity contribution in [2.45, 2.75) is 25.4 Å². The van der Waals surface area contributed by atoms with Gasteiger partial charge in [-0.25, -0.2) is 4.98 Å². The lowest BCUT2D eigenvalue weighted by Crippen LogP contribution is -2.35. The van der Waals surface area contributed by atoms with Crippen molar-refractivity contribution < 1.29 is 32.4 Å². The summed E-state index contributed by atoms with van der Waals surface area (Å²) in [6.07, 6.45) is 0.00142. The third kappa shape index (κ3) is 6.75. The topological polar surface area (TPSA) is 57.3 Å². The van der Waals surface area contributed by atoms with E-state index in [2.05, 4.69) is 26.1 Å². The maximum absolute atomic E-state index is 13.3. The lowest BCUT2D eigenvalue weighted by atomic mass is 10.1. The first-order valence-electron chi connectivity index (χ1n) is 10.4. The maximum Gasteiger partial charge on any atom is 0.416 e. The van der Waals surface area contributed by atoms with E-state index in [1.807, 2.05) is 0 Å². The molecular weight excluding hydrogens is 453 g/mol. The van der Waals surface area contributed by atoms with E-state index in [4.69, 9.17) is 0 Å².